The van der Waals surface area contributed by atoms with Crippen LogP contribution in [0.25, 0.3) is 0 Å². The Morgan fingerprint density at radius 1 is 0.950 bits per heavy atom. The Labute approximate surface area is 131 Å². The molecule has 4 heteroatoms. The SMILES string of the molecule is [O-][S+](C/C=C\SSCc1ccccc1)c1ccccc1. The van der Waals surface area contributed by atoms with Gasteiger partial charge in [-0.1, -0.05) is 70.1 Å². The fourth-order valence-corrected chi connectivity index (χ4v) is 4.33. The van der Waals surface area contributed by atoms with Crippen LogP contribution in [0.4, 0.5) is 0 Å². The van der Waals surface area contributed by atoms with Crippen LogP contribution in [-0.4, -0.2) is 10.3 Å². The van der Waals surface area contributed by atoms with E-state index in [4.69, 9.17) is 0 Å². The van der Waals surface area contributed by atoms with E-state index in [-0.39, 0.29) is 0 Å². The summed E-state index contributed by atoms with van der Waals surface area (Å²) in [6, 6.07) is 20.0. The van der Waals surface area contributed by atoms with Crippen LogP contribution in [0.1, 0.15) is 5.56 Å². The fraction of sp³-hybridized carbons (Fsp3) is 0.125. The molecule has 0 aliphatic carbocycles. The molecule has 0 saturated carbocycles. The van der Waals surface area contributed by atoms with E-state index in [1.165, 1.54) is 5.56 Å². The summed E-state index contributed by atoms with van der Waals surface area (Å²) in [5.41, 5.74) is 1.33. The van der Waals surface area contributed by atoms with E-state index < -0.39 is 11.2 Å². The Morgan fingerprint density at radius 3 is 2.30 bits per heavy atom. The smallest absolute Gasteiger partial charge is 0.152 e. The van der Waals surface area contributed by atoms with Crippen molar-refractivity contribution in [3.05, 3.63) is 77.7 Å². The van der Waals surface area contributed by atoms with Gasteiger partial charge in [0.2, 0.25) is 0 Å². The molecule has 0 bridgehead atoms. The highest BCUT2D eigenvalue weighted by atomic mass is 33.1. The predicted octanol–water partition coefficient (Wildman–Crippen LogP) is 4.89. The van der Waals surface area contributed by atoms with Crippen molar-refractivity contribution in [3.8, 4) is 0 Å². The number of rotatable bonds is 7. The average Bonchev–Trinajstić information content (AvgIpc) is 2.52. The first-order valence-electron chi connectivity index (χ1n) is 6.27. The molecule has 0 fully saturated rings. The highest BCUT2D eigenvalue weighted by Gasteiger charge is 2.06. The number of hydrogen-bond acceptors (Lipinski definition) is 3. The van der Waals surface area contributed by atoms with Gasteiger partial charge < -0.3 is 4.55 Å². The summed E-state index contributed by atoms with van der Waals surface area (Å²) in [6.45, 7) is 0. The van der Waals surface area contributed by atoms with Crippen LogP contribution in [0.5, 0.6) is 0 Å². The van der Waals surface area contributed by atoms with Crippen molar-refractivity contribution in [2.24, 2.45) is 0 Å². The summed E-state index contributed by atoms with van der Waals surface area (Å²) in [7, 11) is 3.47. The van der Waals surface area contributed by atoms with E-state index in [0.717, 1.165) is 10.6 Å². The van der Waals surface area contributed by atoms with Gasteiger partial charge in [0, 0.05) is 5.75 Å². The Hall–Kier alpha value is -0.810. The summed E-state index contributed by atoms with van der Waals surface area (Å²) in [6.07, 6.45) is 1.98. The second kappa shape index (κ2) is 9.19. The molecule has 0 N–H and O–H groups in total. The Bertz CT molecular complexity index is 514. The largest absolute Gasteiger partial charge is 0.611 e. The maximum absolute atomic E-state index is 11.9. The molecule has 0 aromatic heterocycles. The van der Waals surface area contributed by atoms with Gasteiger partial charge in [0.1, 0.15) is 5.75 Å². The maximum atomic E-state index is 11.9. The van der Waals surface area contributed by atoms with Gasteiger partial charge in [-0.25, -0.2) is 0 Å². The van der Waals surface area contributed by atoms with Gasteiger partial charge in [-0.3, -0.25) is 0 Å². The van der Waals surface area contributed by atoms with Gasteiger partial charge in [0.05, 0.1) is 0 Å². The first-order chi connectivity index (χ1) is 9.86. The molecule has 0 aliphatic rings. The second-order valence-electron chi connectivity index (χ2n) is 4.04. The van der Waals surface area contributed by atoms with Gasteiger partial charge >= 0.3 is 0 Å². The third-order valence-corrected chi connectivity index (χ3v) is 5.82. The van der Waals surface area contributed by atoms with Crippen LogP contribution in [0.3, 0.4) is 0 Å². The van der Waals surface area contributed by atoms with Crippen LogP contribution in [0.15, 0.2) is 77.0 Å². The van der Waals surface area contributed by atoms with E-state index in [1.54, 1.807) is 21.6 Å². The minimum atomic E-state index is -0.934. The van der Waals surface area contributed by atoms with E-state index >= 15 is 0 Å². The first-order valence-corrected chi connectivity index (χ1v) is 9.97. The highest BCUT2D eigenvalue weighted by molar-refractivity contribution is 8.77. The molecule has 0 spiro atoms. The van der Waals surface area contributed by atoms with Crippen molar-refractivity contribution in [2.75, 3.05) is 5.75 Å². The topological polar surface area (TPSA) is 23.1 Å². The third kappa shape index (κ3) is 5.67. The van der Waals surface area contributed by atoms with E-state index in [2.05, 4.69) is 24.3 Å². The molecule has 0 heterocycles. The lowest BCUT2D eigenvalue weighted by molar-refractivity contribution is 0.598. The molecule has 2 aromatic carbocycles. The maximum Gasteiger partial charge on any atom is 0.152 e. The molecule has 1 nitrogen and oxygen atoms in total. The standard InChI is InChI=1S/C16H16OS3/c17-20(16-10-5-2-6-11-16)13-7-12-18-19-14-15-8-3-1-4-9-15/h1-12H,13-14H2/b12-7-. The lowest BCUT2D eigenvalue weighted by Crippen LogP contribution is -2.03. The lowest BCUT2D eigenvalue weighted by Gasteiger charge is -2.06. The minimum absolute atomic E-state index is 0.572. The van der Waals surface area contributed by atoms with Crippen LogP contribution in [0.2, 0.25) is 0 Å². The minimum Gasteiger partial charge on any atom is -0.611 e. The Balaban J connectivity index is 1.65. The first kappa shape index (κ1) is 15.6. The summed E-state index contributed by atoms with van der Waals surface area (Å²) >= 11 is -0.934. The van der Waals surface area contributed by atoms with Crippen LogP contribution < -0.4 is 0 Å². The van der Waals surface area contributed by atoms with Crippen LogP contribution >= 0.6 is 21.6 Å². The zero-order valence-corrected chi connectivity index (χ0v) is 13.4. The highest BCUT2D eigenvalue weighted by Crippen LogP contribution is 2.26. The molecule has 0 radical (unpaired) electrons. The van der Waals surface area contributed by atoms with Crippen molar-refractivity contribution >= 4 is 32.8 Å². The predicted molar refractivity (Wildman–Crippen MR) is 92.2 cm³/mol. The van der Waals surface area contributed by atoms with Crippen molar-refractivity contribution in [1.82, 2.24) is 0 Å². The molecular formula is C16H16OS3. The molecule has 0 saturated heterocycles. The van der Waals surface area contributed by atoms with Gasteiger partial charge in [0.25, 0.3) is 0 Å². The van der Waals surface area contributed by atoms with Crippen molar-refractivity contribution < 1.29 is 4.55 Å². The Kier molecular flexibility index (Phi) is 7.15. The van der Waals surface area contributed by atoms with Crippen molar-refractivity contribution in [2.45, 2.75) is 10.6 Å². The normalized spacial score (nSPS) is 12.7. The zero-order valence-electron chi connectivity index (χ0n) is 11.0. The Morgan fingerprint density at radius 2 is 1.60 bits per heavy atom. The summed E-state index contributed by atoms with van der Waals surface area (Å²) < 4.78 is 11.9. The quantitative estimate of drug-likeness (QED) is 0.412. The molecule has 2 rings (SSSR count). The molecule has 104 valence electrons. The molecule has 0 amide bonds. The van der Waals surface area contributed by atoms with Crippen molar-refractivity contribution in [1.29, 1.82) is 0 Å². The van der Waals surface area contributed by atoms with Crippen LogP contribution in [-0.2, 0) is 16.9 Å². The van der Waals surface area contributed by atoms with Gasteiger partial charge in [-0.2, -0.15) is 0 Å². The lowest BCUT2D eigenvalue weighted by atomic mass is 10.2. The van der Waals surface area contributed by atoms with Gasteiger partial charge in [-0.15, -0.1) is 0 Å². The van der Waals surface area contributed by atoms with Crippen molar-refractivity contribution in [3.63, 3.8) is 0 Å². The molecular weight excluding hydrogens is 304 g/mol. The van der Waals surface area contributed by atoms with Gasteiger partial charge in [-0.05, 0) is 40.4 Å². The molecule has 20 heavy (non-hydrogen) atoms. The second-order valence-corrected chi connectivity index (χ2v) is 7.81. The zero-order chi connectivity index (χ0) is 14.0. The fourth-order valence-electron chi connectivity index (χ4n) is 1.55. The number of hydrogen-bond donors (Lipinski definition) is 0. The molecule has 2 aromatic rings. The third-order valence-electron chi connectivity index (χ3n) is 2.54. The summed E-state index contributed by atoms with van der Waals surface area (Å²) in [4.78, 5) is 0.888. The van der Waals surface area contributed by atoms with E-state index in [0.29, 0.717) is 5.75 Å². The van der Waals surface area contributed by atoms with Gasteiger partial charge in [0.15, 0.2) is 4.90 Å². The average molecular weight is 321 g/mol. The van der Waals surface area contributed by atoms with E-state index in [1.807, 2.05) is 47.9 Å². The summed E-state index contributed by atoms with van der Waals surface area (Å²) in [5.74, 6) is 1.56. The summed E-state index contributed by atoms with van der Waals surface area (Å²) in [5, 5.41) is 2.02. The number of benzene rings is 2. The monoisotopic (exact) mass is 320 g/mol. The van der Waals surface area contributed by atoms with Crippen LogP contribution in [0, 0.1) is 0 Å². The van der Waals surface area contributed by atoms with E-state index in [9.17, 15) is 4.55 Å². The molecule has 1 unspecified atom stereocenters. The molecule has 1 atom stereocenters. The molecule has 0 aliphatic heterocycles.